The Morgan fingerprint density at radius 1 is 1.30 bits per heavy atom. The van der Waals surface area contributed by atoms with E-state index in [-0.39, 0.29) is 5.91 Å². The van der Waals surface area contributed by atoms with E-state index in [0.29, 0.717) is 17.1 Å². The molecular formula is C16H11BrN4OS. The number of carbonyl (C=O) groups excluding carboxylic acids is 1. The number of anilines is 1. The Labute approximate surface area is 145 Å². The number of hydrogen-bond donors (Lipinski definition) is 1. The molecule has 0 radical (unpaired) electrons. The standard InChI is InChI=1S/C16H11BrN4OS/c1-10-15(21-8-11(17)2-7-14(21)19-10)16(22)20-12-3-5-13(6-4-12)23-9-18/h2-8H,1H3,(H,20,22). The van der Waals surface area contributed by atoms with Gasteiger partial charge in [0.25, 0.3) is 5.91 Å². The number of benzene rings is 1. The molecule has 0 aliphatic heterocycles. The van der Waals surface area contributed by atoms with E-state index in [1.807, 2.05) is 30.7 Å². The Bertz CT molecular complexity index is 928. The number of nitriles is 1. The van der Waals surface area contributed by atoms with E-state index in [2.05, 4.69) is 26.2 Å². The highest BCUT2D eigenvalue weighted by molar-refractivity contribution is 9.10. The van der Waals surface area contributed by atoms with Gasteiger partial charge in [-0.15, -0.1) is 0 Å². The highest BCUT2D eigenvalue weighted by atomic mass is 79.9. The number of imidazole rings is 1. The Balaban J connectivity index is 1.90. The number of nitrogens with zero attached hydrogens (tertiary/aromatic N) is 3. The zero-order valence-corrected chi connectivity index (χ0v) is 14.5. The normalized spacial score (nSPS) is 10.5. The van der Waals surface area contributed by atoms with E-state index < -0.39 is 0 Å². The molecule has 23 heavy (non-hydrogen) atoms. The monoisotopic (exact) mass is 386 g/mol. The largest absolute Gasteiger partial charge is 0.321 e. The summed E-state index contributed by atoms with van der Waals surface area (Å²) in [6.45, 7) is 1.81. The highest BCUT2D eigenvalue weighted by Crippen LogP contribution is 2.21. The van der Waals surface area contributed by atoms with E-state index in [4.69, 9.17) is 5.26 Å². The molecule has 0 saturated carbocycles. The van der Waals surface area contributed by atoms with Gasteiger partial charge < -0.3 is 5.32 Å². The summed E-state index contributed by atoms with van der Waals surface area (Å²) in [5, 5.41) is 13.5. The number of amides is 1. The minimum absolute atomic E-state index is 0.228. The first-order valence-corrected chi connectivity index (χ1v) is 8.31. The molecule has 2 heterocycles. The Morgan fingerprint density at radius 2 is 2.04 bits per heavy atom. The molecule has 0 unspecified atom stereocenters. The number of carbonyl (C=O) groups is 1. The summed E-state index contributed by atoms with van der Waals surface area (Å²) in [5.74, 6) is -0.228. The molecule has 1 N–H and O–H groups in total. The number of hydrogen-bond acceptors (Lipinski definition) is 4. The summed E-state index contributed by atoms with van der Waals surface area (Å²) in [5.41, 5.74) is 2.55. The topological polar surface area (TPSA) is 70.2 Å². The van der Waals surface area contributed by atoms with Crippen LogP contribution >= 0.6 is 27.7 Å². The first kappa shape index (κ1) is 15.6. The van der Waals surface area contributed by atoms with Crippen molar-refractivity contribution in [3.63, 3.8) is 0 Å². The van der Waals surface area contributed by atoms with Crippen molar-refractivity contribution in [2.24, 2.45) is 0 Å². The molecule has 0 bridgehead atoms. The van der Waals surface area contributed by atoms with Gasteiger partial charge in [0.05, 0.1) is 5.69 Å². The molecule has 0 spiro atoms. The van der Waals surface area contributed by atoms with Crippen molar-refractivity contribution in [2.45, 2.75) is 11.8 Å². The number of nitrogens with one attached hydrogen (secondary N) is 1. The van der Waals surface area contributed by atoms with Gasteiger partial charge in [0.1, 0.15) is 16.7 Å². The summed E-state index contributed by atoms with van der Waals surface area (Å²) in [7, 11) is 0. The second kappa shape index (κ2) is 6.44. The zero-order chi connectivity index (χ0) is 16.4. The van der Waals surface area contributed by atoms with Crippen molar-refractivity contribution in [2.75, 3.05) is 5.32 Å². The number of halogens is 1. The third-order valence-corrected chi connectivity index (χ3v) is 4.32. The lowest BCUT2D eigenvalue weighted by Gasteiger charge is -2.06. The first-order valence-electron chi connectivity index (χ1n) is 6.70. The third-order valence-electron chi connectivity index (χ3n) is 3.25. The van der Waals surface area contributed by atoms with Crippen LogP contribution in [0.15, 0.2) is 52.0 Å². The quantitative estimate of drug-likeness (QED) is 0.539. The molecule has 3 rings (SSSR count). The number of thiocyanates is 1. The zero-order valence-electron chi connectivity index (χ0n) is 12.1. The Kier molecular flexibility index (Phi) is 4.37. The van der Waals surface area contributed by atoms with Crippen molar-refractivity contribution in [1.82, 2.24) is 9.38 Å². The molecule has 114 valence electrons. The SMILES string of the molecule is Cc1nc2ccc(Br)cn2c1C(=O)Nc1ccc(SC#N)cc1. The summed E-state index contributed by atoms with van der Waals surface area (Å²) in [6, 6.07) is 10.9. The van der Waals surface area contributed by atoms with E-state index in [9.17, 15) is 4.79 Å². The van der Waals surface area contributed by atoms with Crippen LogP contribution in [0.3, 0.4) is 0 Å². The Hall–Kier alpha value is -2.30. The van der Waals surface area contributed by atoms with Crippen molar-refractivity contribution in [3.05, 3.63) is 58.5 Å². The molecule has 0 aliphatic rings. The van der Waals surface area contributed by atoms with Crippen LogP contribution in [0.5, 0.6) is 0 Å². The van der Waals surface area contributed by atoms with Crippen molar-refractivity contribution < 1.29 is 4.79 Å². The predicted octanol–water partition coefficient (Wildman–Crippen LogP) is 4.23. The second-order valence-electron chi connectivity index (χ2n) is 4.79. The van der Waals surface area contributed by atoms with Gasteiger partial charge in [0.15, 0.2) is 0 Å². The average Bonchev–Trinajstić information content (AvgIpc) is 2.84. The first-order chi connectivity index (χ1) is 11.1. The maximum absolute atomic E-state index is 12.6. The molecule has 1 amide bonds. The van der Waals surface area contributed by atoms with Crippen LogP contribution < -0.4 is 5.32 Å². The van der Waals surface area contributed by atoms with Gasteiger partial charge in [-0.25, -0.2) is 4.98 Å². The molecular weight excluding hydrogens is 376 g/mol. The van der Waals surface area contributed by atoms with Gasteiger partial charge in [-0.1, -0.05) is 0 Å². The Morgan fingerprint density at radius 3 is 2.74 bits per heavy atom. The van der Waals surface area contributed by atoms with E-state index in [1.54, 1.807) is 28.7 Å². The van der Waals surface area contributed by atoms with Crippen LogP contribution in [0.25, 0.3) is 5.65 Å². The van der Waals surface area contributed by atoms with E-state index in [1.165, 1.54) is 0 Å². The van der Waals surface area contributed by atoms with Gasteiger partial charge in [0, 0.05) is 21.3 Å². The van der Waals surface area contributed by atoms with Crippen LogP contribution in [0.2, 0.25) is 0 Å². The van der Waals surface area contributed by atoms with Crippen molar-refractivity contribution >= 4 is 44.9 Å². The number of rotatable bonds is 3. The van der Waals surface area contributed by atoms with Crippen LogP contribution in [-0.2, 0) is 0 Å². The molecule has 0 fully saturated rings. The number of pyridine rings is 1. The van der Waals surface area contributed by atoms with E-state index in [0.717, 1.165) is 26.8 Å². The van der Waals surface area contributed by atoms with Gasteiger partial charge in [-0.3, -0.25) is 9.20 Å². The number of aromatic nitrogens is 2. The molecule has 5 nitrogen and oxygen atoms in total. The van der Waals surface area contributed by atoms with Crippen molar-refractivity contribution in [3.8, 4) is 5.40 Å². The van der Waals surface area contributed by atoms with E-state index >= 15 is 0 Å². The fraction of sp³-hybridized carbons (Fsp3) is 0.0625. The third kappa shape index (κ3) is 3.23. The lowest BCUT2D eigenvalue weighted by molar-refractivity contribution is 0.102. The van der Waals surface area contributed by atoms with Crippen LogP contribution in [0.1, 0.15) is 16.2 Å². The fourth-order valence-corrected chi connectivity index (χ4v) is 2.97. The number of aryl methyl sites for hydroxylation is 1. The van der Waals surface area contributed by atoms with Crippen molar-refractivity contribution in [1.29, 1.82) is 5.26 Å². The summed E-state index contributed by atoms with van der Waals surface area (Å²) in [6.07, 6.45) is 1.82. The van der Waals surface area contributed by atoms with Crippen LogP contribution in [-0.4, -0.2) is 15.3 Å². The maximum atomic E-state index is 12.6. The second-order valence-corrected chi connectivity index (χ2v) is 6.57. The molecule has 7 heteroatoms. The average molecular weight is 387 g/mol. The lowest BCUT2D eigenvalue weighted by atomic mass is 10.3. The summed E-state index contributed by atoms with van der Waals surface area (Å²) >= 11 is 4.49. The highest BCUT2D eigenvalue weighted by Gasteiger charge is 2.16. The molecule has 2 aromatic heterocycles. The fourth-order valence-electron chi connectivity index (χ4n) is 2.26. The molecule has 0 saturated heterocycles. The molecule has 0 aliphatic carbocycles. The molecule has 0 atom stereocenters. The molecule has 1 aromatic carbocycles. The summed E-state index contributed by atoms with van der Waals surface area (Å²) in [4.78, 5) is 17.8. The summed E-state index contributed by atoms with van der Waals surface area (Å²) < 4.78 is 2.63. The lowest BCUT2D eigenvalue weighted by Crippen LogP contribution is -2.15. The van der Waals surface area contributed by atoms with Crippen LogP contribution in [0, 0.1) is 17.6 Å². The van der Waals surface area contributed by atoms with Gasteiger partial charge in [0.2, 0.25) is 0 Å². The molecule has 3 aromatic rings. The minimum Gasteiger partial charge on any atom is -0.321 e. The number of fused-ring (bicyclic) bond motifs is 1. The number of thioether (sulfide) groups is 1. The van der Waals surface area contributed by atoms with Gasteiger partial charge in [-0.05, 0) is 71.0 Å². The van der Waals surface area contributed by atoms with Gasteiger partial charge >= 0.3 is 0 Å². The predicted molar refractivity (Wildman–Crippen MR) is 93.5 cm³/mol. The van der Waals surface area contributed by atoms with Gasteiger partial charge in [-0.2, -0.15) is 5.26 Å². The minimum atomic E-state index is -0.228. The maximum Gasteiger partial charge on any atom is 0.274 e. The van der Waals surface area contributed by atoms with Crippen LogP contribution in [0.4, 0.5) is 5.69 Å². The smallest absolute Gasteiger partial charge is 0.274 e.